The van der Waals surface area contributed by atoms with Crippen molar-refractivity contribution in [3.8, 4) is 0 Å². The maximum atomic E-state index is 13.3. The van der Waals surface area contributed by atoms with Gasteiger partial charge in [-0.25, -0.2) is 4.39 Å². The summed E-state index contributed by atoms with van der Waals surface area (Å²) in [5, 5.41) is 19.8. The summed E-state index contributed by atoms with van der Waals surface area (Å²) in [6, 6.07) is 3.57. The number of aliphatic hydroxyl groups is 1. The second-order valence-corrected chi connectivity index (χ2v) is 3.09. The lowest BCUT2D eigenvalue weighted by Crippen LogP contribution is -2.23. The Hall–Kier alpha value is -1.53. The number of benzene rings is 1. The maximum absolute atomic E-state index is 13.3. The monoisotopic (exact) mass is 214 g/mol. The van der Waals surface area contributed by atoms with Crippen LogP contribution in [0.25, 0.3) is 0 Å². The first-order valence-corrected chi connectivity index (χ1v) is 4.36. The quantitative estimate of drug-likeness (QED) is 0.567. The normalized spacial score (nSPS) is 12.5. The number of aliphatic hydroxyl groups excluding tert-OH is 1. The van der Waals surface area contributed by atoms with Crippen molar-refractivity contribution in [1.82, 2.24) is 0 Å². The van der Waals surface area contributed by atoms with Gasteiger partial charge in [-0.3, -0.25) is 10.1 Å². The minimum Gasteiger partial charge on any atom is -0.391 e. The van der Waals surface area contributed by atoms with Crippen molar-refractivity contribution >= 4 is 5.69 Å². The average Bonchev–Trinajstić information content (AvgIpc) is 2.20. The van der Waals surface area contributed by atoms with Crippen molar-refractivity contribution in [3.05, 3.63) is 39.7 Å². The Morgan fingerprint density at radius 2 is 2.27 bits per heavy atom. The van der Waals surface area contributed by atoms with E-state index < -0.39 is 16.8 Å². The Kier molecular flexibility index (Phi) is 3.70. The van der Waals surface area contributed by atoms with Crippen LogP contribution in [-0.2, 0) is 6.42 Å². The fourth-order valence-electron chi connectivity index (χ4n) is 1.24. The van der Waals surface area contributed by atoms with Gasteiger partial charge >= 0.3 is 0 Å². The molecule has 0 saturated heterocycles. The van der Waals surface area contributed by atoms with E-state index in [0.717, 1.165) is 6.07 Å². The van der Waals surface area contributed by atoms with Crippen LogP contribution >= 0.6 is 0 Å². The smallest absolute Gasteiger partial charge is 0.275 e. The first kappa shape index (κ1) is 11.5. The van der Waals surface area contributed by atoms with Crippen molar-refractivity contribution < 1.29 is 14.4 Å². The van der Waals surface area contributed by atoms with Gasteiger partial charge in [0.25, 0.3) is 5.69 Å². The van der Waals surface area contributed by atoms with Crippen molar-refractivity contribution in [2.75, 3.05) is 6.54 Å². The van der Waals surface area contributed by atoms with E-state index >= 15 is 0 Å². The summed E-state index contributed by atoms with van der Waals surface area (Å²) in [6.45, 7) is -0.0640. The molecule has 0 aliphatic heterocycles. The summed E-state index contributed by atoms with van der Waals surface area (Å²) in [7, 11) is 0. The maximum Gasteiger partial charge on any atom is 0.275 e. The summed E-state index contributed by atoms with van der Waals surface area (Å²) < 4.78 is 13.3. The third kappa shape index (κ3) is 2.71. The lowest BCUT2D eigenvalue weighted by atomic mass is 10.1. The first-order chi connectivity index (χ1) is 7.06. The Balaban J connectivity index is 3.07. The van der Waals surface area contributed by atoms with Crippen LogP contribution in [0.2, 0.25) is 0 Å². The Morgan fingerprint density at radius 3 is 2.80 bits per heavy atom. The van der Waals surface area contributed by atoms with Gasteiger partial charge in [0.2, 0.25) is 0 Å². The molecule has 1 aromatic rings. The number of hydrogen-bond donors (Lipinski definition) is 2. The molecule has 82 valence electrons. The molecule has 0 aliphatic carbocycles. The van der Waals surface area contributed by atoms with Crippen LogP contribution in [0, 0.1) is 15.9 Å². The number of nitrogens with zero attached hydrogens (tertiary/aromatic N) is 1. The fourth-order valence-corrected chi connectivity index (χ4v) is 1.24. The van der Waals surface area contributed by atoms with Crippen molar-refractivity contribution in [3.63, 3.8) is 0 Å². The van der Waals surface area contributed by atoms with Crippen molar-refractivity contribution in [2.45, 2.75) is 12.5 Å². The molecule has 0 aliphatic rings. The minimum absolute atomic E-state index is 0.0640. The molecule has 1 rings (SSSR count). The van der Waals surface area contributed by atoms with E-state index in [1.165, 1.54) is 12.1 Å². The number of rotatable bonds is 4. The Bertz CT molecular complexity index is 370. The molecule has 3 N–H and O–H groups in total. The minimum atomic E-state index is -0.972. The van der Waals surface area contributed by atoms with E-state index in [0.29, 0.717) is 0 Å². The molecule has 1 atom stereocenters. The van der Waals surface area contributed by atoms with Gasteiger partial charge in [0.05, 0.1) is 16.6 Å². The topological polar surface area (TPSA) is 89.4 Å². The van der Waals surface area contributed by atoms with Gasteiger partial charge in [0.1, 0.15) is 5.82 Å². The zero-order valence-corrected chi connectivity index (χ0v) is 7.89. The van der Waals surface area contributed by atoms with Gasteiger partial charge in [0, 0.05) is 19.0 Å². The van der Waals surface area contributed by atoms with Gasteiger partial charge in [0.15, 0.2) is 0 Å². The van der Waals surface area contributed by atoms with E-state index in [2.05, 4.69) is 0 Å². The molecular weight excluding hydrogens is 203 g/mol. The number of nitro groups is 1. The molecule has 0 fully saturated rings. The van der Waals surface area contributed by atoms with Crippen LogP contribution in [0.1, 0.15) is 5.56 Å². The molecule has 0 bridgehead atoms. The number of nitro benzene ring substituents is 1. The fraction of sp³-hybridized carbons (Fsp3) is 0.333. The summed E-state index contributed by atoms with van der Waals surface area (Å²) in [4.78, 5) is 9.89. The van der Waals surface area contributed by atoms with E-state index in [1.807, 2.05) is 0 Å². The second kappa shape index (κ2) is 4.81. The predicted molar refractivity (Wildman–Crippen MR) is 51.8 cm³/mol. The molecule has 0 aromatic heterocycles. The average molecular weight is 214 g/mol. The summed E-state index contributed by atoms with van der Waals surface area (Å²) in [5.74, 6) is -0.697. The summed E-state index contributed by atoms with van der Waals surface area (Å²) in [5.41, 5.74) is 4.71. The molecule has 15 heavy (non-hydrogen) atoms. The van der Waals surface area contributed by atoms with Crippen LogP contribution in [-0.4, -0.2) is 22.7 Å². The van der Waals surface area contributed by atoms with E-state index in [-0.39, 0.29) is 24.2 Å². The number of halogens is 1. The van der Waals surface area contributed by atoms with Gasteiger partial charge in [-0.1, -0.05) is 6.07 Å². The van der Waals surface area contributed by atoms with E-state index in [1.54, 1.807) is 0 Å². The van der Waals surface area contributed by atoms with Gasteiger partial charge in [-0.15, -0.1) is 0 Å². The van der Waals surface area contributed by atoms with Gasteiger partial charge in [-0.05, 0) is 6.07 Å². The molecule has 0 saturated carbocycles. The third-order valence-corrected chi connectivity index (χ3v) is 2.00. The highest BCUT2D eigenvalue weighted by atomic mass is 19.1. The number of hydrogen-bond acceptors (Lipinski definition) is 4. The van der Waals surface area contributed by atoms with Crippen LogP contribution in [0.4, 0.5) is 10.1 Å². The van der Waals surface area contributed by atoms with Crippen LogP contribution < -0.4 is 5.73 Å². The van der Waals surface area contributed by atoms with Crippen LogP contribution in [0.5, 0.6) is 0 Å². The van der Waals surface area contributed by atoms with Crippen LogP contribution in [0.15, 0.2) is 18.2 Å². The molecule has 0 amide bonds. The Labute approximate surface area is 85.5 Å². The van der Waals surface area contributed by atoms with Gasteiger partial charge in [-0.2, -0.15) is 0 Å². The van der Waals surface area contributed by atoms with Crippen LogP contribution in [0.3, 0.4) is 0 Å². The zero-order chi connectivity index (χ0) is 11.4. The van der Waals surface area contributed by atoms with Crippen molar-refractivity contribution in [1.29, 1.82) is 0 Å². The lowest BCUT2D eigenvalue weighted by molar-refractivity contribution is -0.385. The van der Waals surface area contributed by atoms with Gasteiger partial charge < -0.3 is 10.8 Å². The number of nitrogens with two attached hydrogens (primary N) is 1. The van der Waals surface area contributed by atoms with E-state index in [9.17, 15) is 19.6 Å². The molecule has 0 spiro atoms. The molecule has 1 unspecified atom stereocenters. The van der Waals surface area contributed by atoms with Crippen molar-refractivity contribution in [2.24, 2.45) is 5.73 Å². The largest absolute Gasteiger partial charge is 0.391 e. The molecular formula is C9H11FN2O3. The third-order valence-electron chi connectivity index (χ3n) is 2.00. The first-order valence-electron chi connectivity index (χ1n) is 4.36. The predicted octanol–water partition coefficient (Wildman–Crippen LogP) is 0.596. The standard InChI is InChI=1S/C9H11FN2O3/c10-8-2-1-3-9(12(14)15)7(8)4-6(13)5-11/h1-3,6,13H,4-5,11H2. The molecule has 0 heterocycles. The Morgan fingerprint density at radius 1 is 1.60 bits per heavy atom. The zero-order valence-electron chi connectivity index (χ0n) is 7.89. The molecule has 0 radical (unpaired) electrons. The second-order valence-electron chi connectivity index (χ2n) is 3.09. The molecule has 5 nitrogen and oxygen atoms in total. The SMILES string of the molecule is NCC(O)Cc1c(F)cccc1[N+](=O)[O-]. The highest BCUT2D eigenvalue weighted by molar-refractivity contribution is 5.41. The highest BCUT2D eigenvalue weighted by Crippen LogP contribution is 2.22. The van der Waals surface area contributed by atoms with E-state index in [4.69, 9.17) is 5.73 Å². The lowest BCUT2D eigenvalue weighted by Gasteiger charge is -2.08. The summed E-state index contributed by atoms with van der Waals surface area (Å²) >= 11 is 0. The molecule has 1 aromatic carbocycles. The molecule has 6 heteroatoms. The highest BCUT2D eigenvalue weighted by Gasteiger charge is 2.19. The summed E-state index contributed by atoms with van der Waals surface area (Å²) in [6.07, 6.45) is -1.12.